The molecule has 0 saturated carbocycles. The molecule has 4 N–H and O–H groups in total. The number of amides is 1. The van der Waals surface area contributed by atoms with E-state index in [0.29, 0.717) is 27.4 Å². The van der Waals surface area contributed by atoms with Gasteiger partial charge in [0, 0.05) is 12.4 Å². The third-order valence-electron chi connectivity index (χ3n) is 3.38. The SMILES string of the molecule is CNC(N)=NC(=O)c1cc2c(Cl)ccc(Oc3ccccc3)c2[nH]1. The summed E-state index contributed by atoms with van der Waals surface area (Å²) in [5.74, 6) is 0.775. The Morgan fingerprint density at radius 2 is 2.00 bits per heavy atom. The third-order valence-corrected chi connectivity index (χ3v) is 3.71. The Bertz CT molecular complexity index is 919. The summed E-state index contributed by atoms with van der Waals surface area (Å²) in [5.41, 5.74) is 6.41. The Morgan fingerprint density at radius 3 is 2.71 bits per heavy atom. The van der Waals surface area contributed by atoms with Crippen molar-refractivity contribution in [1.29, 1.82) is 0 Å². The summed E-state index contributed by atoms with van der Waals surface area (Å²) in [7, 11) is 1.58. The lowest BCUT2D eigenvalue weighted by Crippen LogP contribution is -2.28. The Labute approximate surface area is 143 Å². The van der Waals surface area contributed by atoms with E-state index in [1.807, 2.05) is 30.3 Å². The van der Waals surface area contributed by atoms with E-state index in [-0.39, 0.29) is 11.7 Å². The minimum atomic E-state index is -0.500. The number of fused-ring (bicyclic) bond motifs is 1. The van der Waals surface area contributed by atoms with Gasteiger partial charge in [0.05, 0.1) is 10.5 Å². The van der Waals surface area contributed by atoms with E-state index >= 15 is 0 Å². The van der Waals surface area contributed by atoms with Gasteiger partial charge in [-0.1, -0.05) is 29.8 Å². The summed E-state index contributed by atoms with van der Waals surface area (Å²) in [5, 5.41) is 3.78. The van der Waals surface area contributed by atoms with E-state index in [9.17, 15) is 4.79 Å². The van der Waals surface area contributed by atoms with Gasteiger partial charge in [-0.15, -0.1) is 0 Å². The monoisotopic (exact) mass is 342 g/mol. The van der Waals surface area contributed by atoms with Crippen LogP contribution in [0.25, 0.3) is 10.9 Å². The van der Waals surface area contributed by atoms with Crippen molar-refractivity contribution in [2.24, 2.45) is 10.7 Å². The van der Waals surface area contributed by atoms with E-state index in [0.717, 1.165) is 0 Å². The van der Waals surface area contributed by atoms with Crippen molar-refractivity contribution in [3.8, 4) is 11.5 Å². The van der Waals surface area contributed by atoms with Crippen LogP contribution in [0.4, 0.5) is 0 Å². The number of guanidine groups is 1. The summed E-state index contributed by atoms with van der Waals surface area (Å²) in [6.45, 7) is 0. The number of carbonyl (C=O) groups excluding carboxylic acids is 1. The van der Waals surface area contributed by atoms with Gasteiger partial charge >= 0.3 is 0 Å². The molecule has 2 aromatic carbocycles. The molecule has 0 radical (unpaired) electrons. The van der Waals surface area contributed by atoms with E-state index in [1.54, 1.807) is 25.2 Å². The summed E-state index contributed by atoms with van der Waals surface area (Å²) in [6, 6.07) is 14.4. The van der Waals surface area contributed by atoms with Gasteiger partial charge in [-0.2, -0.15) is 4.99 Å². The van der Waals surface area contributed by atoms with Gasteiger partial charge in [0.25, 0.3) is 5.91 Å². The van der Waals surface area contributed by atoms with Crippen LogP contribution in [0.15, 0.2) is 53.5 Å². The first-order valence-electron chi connectivity index (χ1n) is 7.19. The zero-order valence-electron chi connectivity index (χ0n) is 12.8. The minimum absolute atomic E-state index is 0.0329. The first-order valence-corrected chi connectivity index (χ1v) is 7.56. The van der Waals surface area contributed by atoms with E-state index in [2.05, 4.69) is 15.3 Å². The number of hydrogen-bond acceptors (Lipinski definition) is 2. The normalized spacial score (nSPS) is 11.5. The largest absolute Gasteiger partial charge is 0.455 e. The molecule has 3 rings (SSSR count). The third kappa shape index (κ3) is 3.18. The van der Waals surface area contributed by atoms with Crippen molar-refractivity contribution >= 4 is 34.4 Å². The number of H-pyrrole nitrogens is 1. The Kier molecular flexibility index (Phi) is 4.39. The van der Waals surface area contributed by atoms with Crippen molar-refractivity contribution in [1.82, 2.24) is 10.3 Å². The lowest BCUT2D eigenvalue weighted by atomic mass is 10.2. The topological polar surface area (TPSA) is 92.5 Å². The number of hydrogen-bond donors (Lipinski definition) is 3. The number of aliphatic imine (C=N–C) groups is 1. The highest BCUT2D eigenvalue weighted by Crippen LogP contribution is 2.34. The zero-order chi connectivity index (χ0) is 17.1. The lowest BCUT2D eigenvalue weighted by molar-refractivity contribution is 0.0998. The first kappa shape index (κ1) is 15.9. The summed E-state index contributed by atoms with van der Waals surface area (Å²) in [4.78, 5) is 18.9. The predicted octanol–water partition coefficient (Wildman–Crippen LogP) is 3.29. The molecule has 0 saturated heterocycles. The standard InChI is InChI=1S/C17H15ClN4O2/c1-20-17(19)22-16(23)13-9-11-12(18)7-8-14(15(11)21-13)24-10-5-3-2-4-6-10/h2-9,21H,1H3,(H3,19,20,22,23). The molecule has 0 fully saturated rings. The second-order valence-corrected chi connectivity index (χ2v) is 5.39. The number of benzene rings is 2. The van der Waals surface area contributed by atoms with Crippen LogP contribution in [-0.2, 0) is 0 Å². The molecule has 0 bridgehead atoms. The molecule has 0 unspecified atom stereocenters. The molecule has 0 atom stereocenters. The van der Waals surface area contributed by atoms with E-state index < -0.39 is 5.91 Å². The maximum Gasteiger partial charge on any atom is 0.296 e. The van der Waals surface area contributed by atoms with Crippen molar-refractivity contribution in [2.75, 3.05) is 7.05 Å². The van der Waals surface area contributed by atoms with Crippen molar-refractivity contribution in [3.05, 3.63) is 59.2 Å². The van der Waals surface area contributed by atoms with E-state index in [4.69, 9.17) is 22.1 Å². The fraction of sp³-hybridized carbons (Fsp3) is 0.0588. The molecule has 3 aromatic rings. The molecule has 24 heavy (non-hydrogen) atoms. The number of nitrogens with zero attached hydrogens (tertiary/aromatic N) is 1. The highest BCUT2D eigenvalue weighted by molar-refractivity contribution is 6.35. The second kappa shape index (κ2) is 6.64. The fourth-order valence-corrected chi connectivity index (χ4v) is 2.41. The van der Waals surface area contributed by atoms with Gasteiger partial charge in [-0.05, 0) is 30.3 Å². The average molecular weight is 343 g/mol. The number of aromatic nitrogens is 1. The molecule has 1 aromatic heterocycles. The average Bonchev–Trinajstić information content (AvgIpc) is 3.05. The number of aromatic amines is 1. The second-order valence-electron chi connectivity index (χ2n) is 4.98. The van der Waals surface area contributed by atoms with Crippen LogP contribution in [0.5, 0.6) is 11.5 Å². The molecule has 7 heteroatoms. The molecular formula is C17H15ClN4O2. The van der Waals surface area contributed by atoms with E-state index in [1.165, 1.54) is 0 Å². The van der Waals surface area contributed by atoms with Crippen LogP contribution in [0.2, 0.25) is 5.02 Å². The van der Waals surface area contributed by atoms with Gasteiger partial charge in [-0.3, -0.25) is 4.79 Å². The number of carbonyl (C=O) groups is 1. The number of para-hydroxylation sites is 1. The Hall–Kier alpha value is -2.99. The van der Waals surface area contributed by atoms with Crippen molar-refractivity contribution in [3.63, 3.8) is 0 Å². The zero-order valence-corrected chi connectivity index (χ0v) is 13.6. The summed E-state index contributed by atoms with van der Waals surface area (Å²) < 4.78 is 5.87. The molecule has 0 aliphatic rings. The maximum atomic E-state index is 12.1. The fourth-order valence-electron chi connectivity index (χ4n) is 2.20. The molecule has 0 spiro atoms. The lowest BCUT2D eigenvalue weighted by Gasteiger charge is -2.07. The molecule has 1 amide bonds. The van der Waals surface area contributed by atoms with Crippen LogP contribution in [0.3, 0.4) is 0 Å². The van der Waals surface area contributed by atoms with Crippen LogP contribution < -0.4 is 15.8 Å². The van der Waals surface area contributed by atoms with Crippen LogP contribution in [0.1, 0.15) is 10.5 Å². The molecule has 122 valence electrons. The van der Waals surface area contributed by atoms with Gasteiger partial charge in [0.1, 0.15) is 11.4 Å². The maximum absolute atomic E-state index is 12.1. The van der Waals surface area contributed by atoms with Crippen LogP contribution in [-0.4, -0.2) is 23.9 Å². The number of halogens is 1. The molecule has 0 aliphatic carbocycles. The number of rotatable bonds is 3. The first-order chi connectivity index (χ1) is 11.6. The van der Waals surface area contributed by atoms with Gasteiger partial charge in [-0.25, -0.2) is 0 Å². The number of ether oxygens (including phenoxy) is 1. The Morgan fingerprint density at radius 1 is 1.25 bits per heavy atom. The van der Waals surface area contributed by atoms with Crippen molar-refractivity contribution in [2.45, 2.75) is 0 Å². The van der Waals surface area contributed by atoms with Gasteiger partial charge < -0.3 is 20.8 Å². The highest BCUT2D eigenvalue weighted by Gasteiger charge is 2.15. The molecule has 1 heterocycles. The van der Waals surface area contributed by atoms with Gasteiger partial charge in [0.15, 0.2) is 11.7 Å². The molecule has 6 nitrogen and oxygen atoms in total. The number of nitrogens with two attached hydrogens (primary N) is 1. The van der Waals surface area contributed by atoms with Crippen LogP contribution >= 0.6 is 11.6 Å². The number of nitrogens with one attached hydrogen (secondary N) is 2. The van der Waals surface area contributed by atoms with Crippen LogP contribution in [0, 0.1) is 0 Å². The van der Waals surface area contributed by atoms with Gasteiger partial charge in [0.2, 0.25) is 0 Å². The summed E-state index contributed by atoms with van der Waals surface area (Å²) in [6.07, 6.45) is 0. The smallest absolute Gasteiger partial charge is 0.296 e. The highest BCUT2D eigenvalue weighted by atomic mass is 35.5. The summed E-state index contributed by atoms with van der Waals surface area (Å²) >= 11 is 6.22. The predicted molar refractivity (Wildman–Crippen MR) is 94.8 cm³/mol. The minimum Gasteiger partial charge on any atom is -0.455 e. The van der Waals surface area contributed by atoms with Crippen molar-refractivity contribution < 1.29 is 9.53 Å². The molecular weight excluding hydrogens is 328 g/mol. The molecule has 0 aliphatic heterocycles. The Balaban J connectivity index is 2.03. The quantitative estimate of drug-likeness (QED) is 0.503.